The van der Waals surface area contributed by atoms with Crippen LogP contribution in [0.1, 0.15) is 75.1 Å². The Balaban J connectivity index is 1.31. The highest BCUT2D eigenvalue weighted by atomic mass is 16.3. The van der Waals surface area contributed by atoms with E-state index in [2.05, 4.69) is 63.1 Å². The maximum absolute atomic E-state index is 14.5. The third-order valence-corrected chi connectivity index (χ3v) is 14.9. The number of H-pyrrole nitrogens is 1. The summed E-state index contributed by atoms with van der Waals surface area (Å²) in [5, 5.41) is 46.1. The van der Waals surface area contributed by atoms with Gasteiger partial charge in [-0.15, -0.1) is 0 Å². The molecule has 0 aliphatic rings. The number of nitrogens with zero attached hydrogens (tertiary/aromatic N) is 1. The largest absolute Gasteiger partial charge is 0.508 e. The third kappa shape index (κ3) is 25.5. The monoisotopic (exact) mass is 1330 g/mol. The minimum atomic E-state index is -1.91. The van der Waals surface area contributed by atoms with E-state index in [9.17, 15) is 67.7 Å². The zero-order valence-corrected chi connectivity index (χ0v) is 53.6. The number of benzene rings is 4. The fourth-order valence-electron chi connectivity index (χ4n) is 10.0. The molecule has 0 saturated carbocycles. The standard InChI is InChI=1S/C65H87N17O14/c1-4-71-65(70)72-25-13-20-45(59(91)77-46(56(69)88)28-37-14-7-5-8-15-37)76-60(92)47(26-36(2)3)75-55(87)34-74-58(90)48(29-38-16-9-6-10-17-38)79-64(96)52(35-83)82-63(95)51(32-54(68)86)81-61(93)49(30-40-33-73-44-19-12-11-18-42(40)44)80-62(94)50(31-53(67)85)78-57(89)43(66)27-39-21-23-41(84)24-22-39/h5-12,14-19,21-24,33,36,43,45-52,73,83-84H,4,13,20,25-32,34-35,66H2,1-3H3,(H2,67,85)(H2,68,86)(H2,69,88)(H,74,90)(H,75,87)(H,76,92)(H,77,91)(H,78,89)(H,79,96)(H,80,94)(H,81,93)(H,82,95)(H3,70,71,72)/t43-,45-,46-,47-,48-,49-,50-,51-,52-/m0/s1. The number of aliphatic hydroxyl groups excluding tert-OH is 1. The van der Waals surface area contributed by atoms with E-state index in [0.717, 1.165) is 0 Å². The smallest absolute Gasteiger partial charge is 0.245 e. The van der Waals surface area contributed by atoms with Crippen LogP contribution in [0.3, 0.4) is 0 Å². The second kappa shape index (κ2) is 38.3. The molecule has 31 heteroatoms. The summed E-state index contributed by atoms with van der Waals surface area (Å²) >= 11 is 0. The number of rotatable bonds is 39. The number of aromatic amines is 1. The van der Waals surface area contributed by atoms with Crippen molar-refractivity contribution in [2.24, 2.45) is 39.6 Å². The van der Waals surface area contributed by atoms with Gasteiger partial charge in [-0.1, -0.05) is 105 Å². The number of aliphatic imine (C=N–C) groups is 1. The van der Waals surface area contributed by atoms with Crippen LogP contribution in [0.2, 0.25) is 0 Å². The average Bonchev–Trinajstić information content (AvgIpc) is 1.67. The lowest BCUT2D eigenvalue weighted by Crippen LogP contribution is -2.61. The first-order valence-corrected chi connectivity index (χ1v) is 31.1. The topological polar surface area (TPSA) is 524 Å². The van der Waals surface area contributed by atoms with Crippen LogP contribution in [-0.2, 0) is 83.2 Å². The second-order valence-corrected chi connectivity index (χ2v) is 23.2. The molecule has 96 heavy (non-hydrogen) atoms. The number of nitrogens with two attached hydrogens (primary N) is 5. The molecule has 5 rings (SSSR count). The number of aromatic hydroxyl groups is 1. The quantitative estimate of drug-likeness (QED) is 0.0103. The van der Waals surface area contributed by atoms with Crippen molar-refractivity contribution in [2.45, 2.75) is 133 Å². The van der Waals surface area contributed by atoms with Crippen LogP contribution in [0.25, 0.3) is 10.9 Å². The number of nitrogens with one attached hydrogen (secondary N) is 11. The summed E-state index contributed by atoms with van der Waals surface area (Å²) in [6.07, 6.45) is -0.343. The number of guanidine groups is 1. The molecule has 31 nitrogen and oxygen atoms in total. The number of hydrogen-bond donors (Lipinski definition) is 18. The second-order valence-electron chi connectivity index (χ2n) is 23.2. The zero-order valence-electron chi connectivity index (χ0n) is 53.6. The predicted molar refractivity (Wildman–Crippen MR) is 353 cm³/mol. The van der Waals surface area contributed by atoms with E-state index in [1.54, 1.807) is 105 Å². The van der Waals surface area contributed by atoms with E-state index in [0.29, 0.717) is 39.7 Å². The van der Waals surface area contributed by atoms with Crippen LogP contribution in [0.15, 0.2) is 120 Å². The number of aliphatic hydroxyl groups is 1. The number of amides is 12. The van der Waals surface area contributed by atoms with Crippen molar-refractivity contribution in [3.63, 3.8) is 0 Å². The summed E-state index contributed by atoms with van der Waals surface area (Å²) < 4.78 is 0. The molecule has 4 aromatic carbocycles. The van der Waals surface area contributed by atoms with Gasteiger partial charge in [0.2, 0.25) is 70.9 Å². The highest BCUT2D eigenvalue weighted by Gasteiger charge is 2.36. The van der Waals surface area contributed by atoms with Crippen molar-refractivity contribution in [2.75, 3.05) is 26.2 Å². The minimum absolute atomic E-state index is 0.0134. The van der Waals surface area contributed by atoms with Crippen LogP contribution < -0.4 is 81.8 Å². The number of fused-ring (bicyclic) bond motifs is 1. The molecule has 5 aromatic rings. The number of carbonyl (C=O) groups is 12. The molecule has 0 aliphatic carbocycles. The molecule has 0 unspecified atom stereocenters. The first-order valence-electron chi connectivity index (χ1n) is 31.1. The van der Waals surface area contributed by atoms with Crippen molar-refractivity contribution in [1.29, 1.82) is 0 Å². The van der Waals surface area contributed by atoms with Gasteiger partial charge >= 0.3 is 0 Å². The fourth-order valence-corrected chi connectivity index (χ4v) is 10.0. The van der Waals surface area contributed by atoms with Crippen LogP contribution in [0, 0.1) is 5.92 Å². The van der Waals surface area contributed by atoms with Crippen LogP contribution in [0.4, 0.5) is 0 Å². The number of hydrogen-bond acceptors (Lipinski definition) is 16. The first kappa shape index (κ1) is 75.8. The first-order chi connectivity index (χ1) is 45.7. The van der Waals surface area contributed by atoms with Gasteiger partial charge in [-0.05, 0) is 79.0 Å². The summed E-state index contributed by atoms with van der Waals surface area (Å²) in [7, 11) is 0. The van der Waals surface area contributed by atoms with E-state index in [4.69, 9.17) is 28.7 Å². The Morgan fingerprint density at radius 2 is 0.969 bits per heavy atom. The Bertz CT molecular complexity index is 3520. The van der Waals surface area contributed by atoms with Crippen molar-refractivity contribution in [3.05, 3.63) is 138 Å². The van der Waals surface area contributed by atoms with E-state index in [1.807, 2.05) is 6.92 Å². The Labute approximate surface area is 553 Å². The predicted octanol–water partition coefficient (Wildman–Crippen LogP) is -3.56. The summed E-state index contributed by atoms with van der Waals surface area (Å²) in [6, 6.07) is 16.1. The van der Waals surface area contributed by atoms with E-state index >= 15 is 0 Å². The number of carbonyl (C=O) groups excluding carboxylic acids is 12. The van der Waals surface area contributed by atoms with Crippen LogP contribution in [0.5, 0.6) is 5.75 Å². The molecule has 0 radical (unpaired) electrons. The van der Waals surface area contributed by atoms with Crippen LogP contribution in [-0.4, -0.2) is 173 Å². The number of primary amides is 3. The molecule has 0 aliphatic heterocycles. The van der Waals surface area contributed by atoms with Crippen molar-refractivity contribution in [3.8, 4) is 5.75 Å². The zero-order chi connectivity index (χ0) is 70.4. The van der Waals surface area contributed by atoms with E-state index in [-0.39, 0.29) is 69.1 Å². The Hall–Kier alpha value is -11.0. The van der Waals surface area contributed by atoms with Gasteiger partial charge in [-0.25, -0.2) is 0 Å². The third-order valence-electron chi connectivity index (χ3n) is 14.9. The Morgan fingerprint density at radius 1 is 0.500 bits per heavy atom. The highest BCUT2D eigenvalue weighted by molar-refractivity contribution is 6.00. The molecule has 1 aromatic heterocycles. The molecule has 9 atom stereocenters. The normalized spacial score (nSPS) is 14.1. The molecule has 0 bridgehead atoms. The van der Waals surface area contributed by atoms with Gasteiger partial charge in [-0.2, -0.15) is 0 Å². The van der Waals surface area contributed by atoms with Gasteiger partial charge in [-0.3, -0.25) is 62.5 Å². The van der Waals surface area contributed by atoms with Gasteiger partial charge in [0.05, 0.1) is 32.0 Å². The average molecular weight is 1330 g/mol. The maximum atomic E-state index is 14.5. The molecule has 1 heterocycles. The van der Waals surface area contributed by atoms with Gasteiger partial charge < -0.3 is 97.0 Å². The lowest BCUT2D eigenvalue weighted by molar-refractivity contribution is -0.136. The maximum Gasteiger partial charge on any atom is 0.245 e. The highest BCUT2D eigenvalue weighted by Crippen LogP contribution is 2.20. The van der Waals surface area contributed by atoms with Gasteiger partial charge in [0.25, 0.3) is 0 Å². The molecule has 516 valence electrons. The number of phenolic OH excluding ortho intramolecular Hbond substituents is 1. The molecule has 0 fully saturated rings. The summed E-state index contributed by atoms with van der Waals surface area (Å²) in [5.41, 5.74) is 31.7. The minimum Gasteiger partial charge on any atom is -0.508 e. The number of aromatic nitrogens is 1. The van der Waals surface area contributed by atoms with Gasteiger partial charge in [0, 0.05) is 49.5 Å². The number of para-hydroxylation sites is 1. The van der Waals surface area contributed by atoms with E-state index in [1.165, 1.54) is 24.3 Å². The summed E-state index contributed by atoms with van der Waals surface area (Å²) in [5.74, 6) is -11.9. The summed E-state index contributed by atoms with van der Waals surface area (Å²) in [4.78, 5) is 171. The lowest BCUT2D eigenvalue weighted by Gasteiger charge is -2.27. The Morgan fingerprint density at radius 3 is 1.53 bits per heavy atom. The molecule has 23 N–H and O–H groups in total. The fraction of sp³-hybridized carbons (Fsp3) is 0.400. The SMILES string of the molecule is CCNC(N)=NCCC[C@H](NC(=O)[C@H](CC(C)C)NC(=O)CNC(=O)[C@H](Cc1ccccc1)NC(=O)[C@H](CO)NC(=O)[C@H](CC(N)=O)NC(=O)[C@H](Cc1c[nH]c2ccccc12)NC(=O)[C@H](CC(N)=O)NC(=O)[C@@H](N)Cc1ccc(O)cc1)C(=O)N[C@@H](Cc1ccccc1)C(N)=O. The molecule has 0 saturated heterocycles. The van der Waals surface area contributed by atoms with Crippen LogP contribution >= 0.6 is 0 Å². The molecule has 12 amide bonds. The van der Waals surface area contributed by atoms with Crippen molar-refractivity contribution in [1.82, 2.24) is 58.2 Å². The van der Waals surface area contributed by atoms with Gasteiger partial charge in [0.15, 0.2) is 5.96 Å². The Kier molecular flexibility index (Phi) is 30.2. The lowest BCUT2D eigenvalue weighted by atomic mass is 10.0. The van der Waals surface area contributed by atoms with E-state index < -0.39 is 151 Å². The van der Waals surface area contributed by atoms with Crippen molar-refractivity contribution >= 4 is 87.7 Å². The summed E-state index contributed by atoms with van der Waals surface area (Å²) in [6.45, 7) is 4.17. The number of phenols is 1. The molecular formula is C65H87N17O14. The van der Waals surface area contributed by atoms with Gasteiger partial charge in [0.1, 0.15) is 54.1 Å². The van der Waals surface area contributed by atoms with Crippen molar-refractivity contribution < 1.29 is 67.7 Å². The molecular weight excluding hydrogens is 1240 g/mol. The molecule has 0 spiro atoms.